The molecule has 7 nitrogen and oxygen atoms in total. The first kappa shape index (κ1) is 18.6. The number of aromatic nitrogens is 2. The zero-order chi connectivity index (χ0) is 17.7. The lowest BCUT2D eigenvalue weighted by molar-refractivity contribution is 0.102. The molecule has 0 aliphatic rings. The number of anilines is 1. The molecule has 0 radical (unpaired) electrons. The van der Waals surface area contributed by atoms with E-state index in [0.29, 0.717) is 22.8 Å². The lowest BCUT2D eigenvalue weighted by atomic mass is 10.2. The number of ether oxygens (including phenoxy) is 1. The number of nitrogens with zero attached hydrogens (tertiary/aromatic N) is 2. The van der Waals surface area contributed by atoms with Gasteiger partial charge in [0, 0.05) is 5.56 Å². The van der Waals surface area contributed by atoms with Gasteiger partial charge in [-0.1, -0.05) is 36.3 Å². The van der Waals surface area contributed by atoms with Crippen LogP contribution in [0, 0.1) is 0 Å². The van der Waals surface area contributed by atoms with Crippen molar-refractivity contribution in [3.05, 3.63) is 28.8 Å². The smallest absolute Gasteiger partial charge is 0.257 e. The first-order chi connectivity index (χ1) is 11.4. The van der Waals surface area contributed by atoms with Crippen molar-refractivity contribution in [3.63, 3.8) is 0 Å². The molecule has 0 spiro atoms. The summed E-state index contributed by atoms with van der Waals surface area (Å²) in [6, 6.07) is 4.56. The predicted octanol–water partition coefficient (Wildman–Crippen LogP) is 3.03. The maximum atomic E-state index is 12.2. The van der Waals surface area contributed by atoms with E-state index in [0.717, 1.165) is 17.8 Å². The summed E-state index contributed by atoms with van der Waals surface area (Å²) >= 11 is 6.80. The van der Waals surface area contributed by atoms with Crippen LogP contribution in [0.15, 0.2) is 22.5 Å². The van der Waals surface area contributed by atoms with Gasteiger partial charge in [-0.2, -0.15) is 0 Å². The fourth-order valence-corrected chi connectivity index (χ4v) is 4.52. The van der Waals surface area contributed by atoms with Crippen molar-refractivity contribution in [1.29, 1.82) is 0 Å². The molecule has 0 bridgehead atoms. The Balaban J connectivity index is 2.12. The van der Waals surface area contributed by atoms with E-state index in [1.54, 1.807) is 12.1 Å². The van der Waals surface area contributed by atoms with Crippen LogP contribution in [-0.4, -0.2) is 37.4 Å². The lowest BCUT2D eigenvalue weighted by Crippen LogP contribution is -2.11. The van der Waals surface area contributed by atoms with Crippen LogP contribution in [0.5, 0.6) is 5.75 Å². The third-order valence-electron chi connectivity index (χ3n) is 3.07. The van der Waals surface area contributed by atoms with Gasteiger partial charge in [-0.25, -0.2) is 8.42 Å². The number of benzene rings is 1. The van der Waals surface area contributed by atoms with Gasteiger partial charge in [-0.15, -0.1) is 10.2 Å². The van der Waals surface area contributed by atoms with Gasteiger partial charge in [0.25, 0.3) is 5.91 Å². The van der Waals surface area contributed by atoms with Crippen LogP contribution in [0.2, 0.25) is 5.02 Å². The van der Waals surface area contributed by atoms with Crippen LogP contribution in [0.3, 0.4) is 0 Å². The van der Waals surface area contributed by atoms with Gasteiger partial charge < -0.3 is 4.74 Å². The van der Waals surface area contributed by atoms with Crippen molar-refractivity contribution in [2.45, 2.75) is 24.1 Å². The summed E-state index contributed by atoms with van der Waals surface area (Å²) < 4.78 is 29.0. The Morgan fingerprint density at radius 1 is 1.38 bits per heavy atom. The highest BCUT2D eigenvalue weighted by Gasteiger charge is 2.21. The molecular weight excluding hydrogens is 374 g/mol. The molecule has 0 saturated carbocycles. The van der Waals surface area contributed by atoms with Gasteiger partial charge >= 0.3 is 0 Å². The van der Waals surface area contributed by atoms with E-state index in [4.69, 9.17) is 16.3 Å². The standard InChI is InChI=1S/C14H16ClN3O4S2/c1-3-4-7-24(20,21)14-18-17-13(23-14)16-12(19)9-5-6-11(22-2)10(15)8-9/h5-6,8H,3-4,7H2,1-2H3,(H,16,17,19). The molecule has 1 heterocycles. The van der Waals surface area contributed by atoms with Gasteiger partial charge in [-0.3, -0.25) is 10.1 Å². The number of sulfone groups is 1. The van der Waals surface area contributed by atoms with Crippen LogP contribution in [0.25, 0.3) is 0 Å². The molecule has 1 aromatic carbocycles. The highest BCUT2D eigenvalue weighted by atomic mass is 35.5. The molecule has 0 fully saturated rings. The largest absolute Gasteiger partial charge is 0.495 e. The van der Waals surface area contributed by atoms with Gasteiger partial charge in [0.15, 0.2) is 0 Å². The zero-order valence-corrected chi connectivity index (χ0v) is 15.5. The number of nitrogens with one attached hydrogen (secondary N) is 1. The SMILES string of the molecule is CCCCS(=O)(=O)c1nnc(NC(=O)c2ccc(OC)c(Cl)c2)s1. The Morgan fingerprint density at radius 3 is 2.75 bits per heavy atom. The number of rotatable bonds is 7. The van der Waals surface area contributed by atoms with E-state index in [9.17, 15) is 13.2 Å². The number of hydrogen-bond donors (Lipinski definition) is 1. The summed E-state index contributed by atoms with van der Waals surface area (Å²) in [6.07, 6.45) is 1.31. The Hall–Kier alpha value is -1.71. The Morgan fingerprint density at radius 2 is 2.12 bits per heavy atom. The summed E-state index contributed by atoms with van der Waals surface area (Å²) in [7, 11) is -1.99. The Labute approximate surface area is 148 Å². The van der Waals surface area contributed by atoms with E-state index in [1.165, 1.54) is 13.2 Å². The fourth-order valence-electron chi connectivity index (χ4n) is 1.78. The summed E-state index contributed by atoms with van der Waals surface area (Å²) in [5, 5.41) is 10.3. The van der Waals surface area contributed by atoms with Crippen LogP contribution in [0.4, 0.5) is 5.13 Å². The molecule has 1 amide bonds. The van der Waals surface area contributed by atoms with Crippen molar-refractivity contribution in [1.82, 2.24) is 10.2 Å². The first-order valence-corrected chi connectivity index (χ1v) is 9.93. The number of carbonyl (C=O) groups excluding carboxylic acids is 1. The average Bonchev–Trinajstić information content (AvgIpc) is 3.02. The third-order valence-corrected chi connectivity index (χ3v) is 6.45. The lowest BCUT2D eigenvalue weighted by Gasteiger charge is -2.05. The van der Waals surface area contributed by atoms with Gasteiger partial charge in [0.1, 0.15) is 5.75 Å². The Kier molecular flexibility index (Phi) is 6.14. The number of hydrogen-bond acceptors (Lipinski definition) is 7. The second-order valence-electron chi connectivity index (χ2n) is 4.85. The third kappa shape index (κ3) is 4.43. The minimum absolute atomic E-state index is 0.0141. The number of unbranched alkanes of at least 4 members (excludes halogenated alkanes) is 1. The van der Waals surface area contributed by atoms with E-state index in [-0.39, 0.29) is 15.2 Å². The van der Waals surface area contributed by atoms with Crippen LogP contribution in [-0.2, 0) is 9.84 Å². The molecule has 1 aromatic heterocycles. The molecule has 10 heteroatoms. The maximum absolute atomic E-state index is 12.2. The monoisotopic (exact) mass is 389 g/mol. The van der Waals surface area contributed by atoms with E-state index in [1.807, 2.05) is 6.92 Å². The van der Waals surface area contributed by atoms with E-state index < -0.39 is 15.7 Å². The number of amides is 1. The molecule has 2 aromatic rings. The molecule has 0 aliphatic heterocycles. The normalized spacial score (nSPS) is 11.3. The quantitative estimate of drug-likeness (QED) is 0.731. The first-order valence-electron chi connectivity index (χ1n) is 7.08. The van der Waals surface area contributed by atoms with Crippen LogP contribution in [0.1, 0.15) is 30.1 Å². The Bertz CT molecular complexity index is 836. The molecule has 0 aliphatic carbocycles. The highest BCUT2D eigenvalue weighted by Crippen LogP contribution is 2.26. The molecule has 0 unspecified atom stereocenters. The summed E-state index contributed by atoms with van der Waals surface area (Å²) in [5.74, 6) is 0.00169. The molecule has 24 heavy (non-hydrogen) atoms. The van der Waals surface area contributed by atoms with Crippen LogP contribution >= 0.6 is 22.9 Å². The molecular formula is C14H16ClN3O4S2. The number of carbonyl (C=O) groups is 1. The number of halogens is 1. The molecule has 1 N–H and O–H groups in total. The topological polar surface area (TPSA) is 98.3 Å². The predicted molar refractivity (Wildman–Crippen MR) is 92.8 cm³/mol. The number of methoxy groups -OCH3 is 1. The van der Waals surface area contributed by atoms with Crippen molar-refractivity contribution >= 4 is 43.8 Å². The van der Waals surface area contributed by atoms with E-state index in [2.05, 4.69) is 15.5 Å². The van der Waals surface area contributed by atoms with Crippen molar-refractivity contribution in [3.8, 4) is 5.75 Å². The van der Waals surface area contributed by atoms with Gasteiger partial charge in [0.2, 0.25) is 19.3 Å². The minimum Gasteiger partial charge on any atom is -0.495 e. The van der Waals surface area contributed by atoms with E-state index >= 15 is 0 Å². The highest BCUT2D eigenvalue weighted by molar-refractivity contribution is 7.93. The molecule has 2 rings (SSSR count). The average molecular weight is 390 g/mol. The molecule has 0 saturated heterocycles. The second kappa shape index (κ2) is 7.91. The summed E-state index contributed by atoms with van der Waals surface area (Å²) in [5.41, 5.74) is 0.298. The summed E-state index contributed by atoms with van der Waals surface area (Å²) in [6.45, 7) is 1.90. The molecule has 0 atom stereocenters. The van der Waals surface area contributed by atoms with Crippen molar-refractivity contribution in [2.24, 2.45) is 0 Å². The minimum atomic E-state index is -3.46. The van der Waals surface area contributed by atoms with Gasteiger partial charge in [0.05, 0.1) is 17.9 Å². The maximum Gasteiger partial charge on any atom is 0.257 e. The van der Waals surface area contributed by atoms with Crippen LogP contribution < -0.4 is 10.1 Å². The second-order valence-corrected chi connectivity index (χ2v) is 8.52. The summed E-state index contributed by atoms with van der Waals surface area (Å²) in [4.78, 5) is 12.2. The van der Waals surface area contributed by atoms with Crippen molar-refractivity contribution < 1.29 is 17.9 Å². The van der Waals surface area contributed by atoms with Gasteiger partial charge in [-0.05, 0) is 24.6 Å². The van der Waals surface area contributed by atoms with Crippen molar-refractivity contribution in [2.75, 3.05) is 18.2 Å². The fraction of sp³-hybridized carbons (Fsp3) is 0.357. The zero-order valence-electron chi connectivity index (χ0n) is 13.1. The molecule has 130 valence electrons.